The Morgan fingerprint density at radius 3 is 2.56 bits per heavy atom. The smallest absolute Gasteiger partial charge is 0.332 e. The zero-order valence-corrected chi connectivity index (χ0v) is 15.9. The second-order valence-corrected chi connectivity index (χ2v) is 8.95. The van der Waals surface area contributed by atoms with E-state index in [1.807, 2.05) is 6.92 Å². The van der Waals surface area contributed by atoms with Crippen LogP contribution >= 0.6 is 0 Å². The van der Waals surface area contributed by atoms with Crippen molar-refractivity contribution in [1.82, 2.24) is 19.1 Å². The molecular formula is C20H28N4O3. The molecule has 2 heterocycles. The quantitative estimate of drug-likeness (QED) is 0.808. The lowest BCUT2D eigenvalue weighted by molar-refractivity contribution is 0.262. The molecule has 6 rings (SSSR count). The molecule has 0 spiro atoms. The molecule has 0 aromatic carbocycles. The minimum atomic E-state index is -0.310. The third-order valence-corrected chi connectivity index (χ3v) is 7.31. The highest BCUT2D eigenvalue weighted by Gasteiger charge is 2.59. The van der Waals surface area contributed by atoms with E-state index < -0.39 is 0 Å². The van der Waals surface area contributed by atoms with E-state index in [1.54, 1.807) is 4.57 Å². The van der Waals surface area contributed by atoms with Gasteiger partial charge in [-0.15, -0.1) is 0 Å². The fraction of sp³-hybridized carbons (Fsp3) is 0.750. The zero-order valence-electron chi connectivity index (χ0n) is 15.9. The van der Waals surface area contributed by atoms with Crippen molar-refractivity contribution >= 4 is 11.2 Å². The maximum Gasteiger partial charge on any atom is 0.332 e. The van der Waals surface area contributed by atoms with E-state index in [2.05, 4.69) is 4.98 Å². The molecule has 0 saturated heterocycles. The molecular weight excluding hydrogens is 344 g/mol. The third kappa shape index (κ3) is 2.33. The molecule has 0 aliphatic heterocycles. The number of aryl methyl sites for hydroxylation is 1. The lowest BCUT2D eigenvalue weighted by Gasteiger charge is -2.30. The van der Waals surface area contributed by atoms with Gasteiger partial charge < -0.3 is 10.1 Å². The highest BCUT2D eigenvalue weighted by molar-refractivity contribution is 5.70. The van der Waals surface area contributed by atoms with Crippen LogP contribution in [-0.2, 0) is 18.5 Å². The van der Waals surface area contributed by atoms with Crippen LogP contribution in [0.25, 0.3) is 11.2 Å². The summed E-state index contributed by atoms with van der Waals surface area (Å²) in [5, 5.41) is 9.24. The predicted octanol–water partition coefficient (Wildman–Crippen LogP) is 1.76. The molecule has 146 valence electrons. The molecule has 4 aliphatic rings. The molecule has 2 aromatic heterocycles. The van der Waals surface area contributed by atoms with E-state index in [0.717, 1.165) is 36.9 Å². The van der Waals surface area contributed by atoms with E-state index in [-0.39, 0.29) is 23.3 Å². The molecule has 4 fully saturated rings. The van der Waals surface area contributed by atoms with Crippen molar-refractivity contribution in [2.75, 3.05) is 6.61 Å². The van der Waals surface area contributed by atoms with Gasteiger partial charge >= 0.3 is 5.69 Å². The molecule has 2 unspecified atom stereocenters. The van der Waals surface area contributed by atoms with E-state index in [0.29, 0.717) is 36.6 Å². The largest absolute Gasteiger partial charge is 0.396 e. The van der Waals surface area contributed by atoms with Crippen LogP contribution in [0.3, 0.4) is 0 Å². The molecule has 4 aliphatic carbocycles. The van der Waals surface area contributed by atoms with Gasteiger partial charge in [0, 0.05) is 25.1 Å². The summed E-state index contributed by atoms with van der Waals surface area (Å²) in [7, 11) is 0. The highest BCUT2D eigenvalue weighted by atomic mass is 16.3. The molecule has 4 saturated carbocycles. The number of aliphatic hydroxyl groups is 1. The number of H-pyrrole nitrogens is 1. The van der Waals surface area contributed by atoms with E-state index in [4.69, 9.17) is 4.98 Å². The average molecular weight is 372 g/mol. The third-order valence-electron chi connectivity index (χ3n) is 7.31. The van der Waals surface area contributed by atoms with Crippen molar-refractivity contribution in [1.29, 1.82) is 0 Å². The minimum Gasteiger partial charge on any atom is -0.396 e. The molecule has 7 heteroatoms. The van der Waals surface area contributed by atoms with Gasteiger partial charge in [0.2, 0.25) is 0 Å². The maximum absolute atomic E-state index is 13.0. The topological polar surface area (TPSA) is 92.9 Å². The molecule has 27 heavy (non-hydrogen) atoms. The standard InChI is InChI=1S/C20H28N4O3/c1-2-4-24-17(26)15-16(23(19(24)27)5-3-6-25)22-18(21-15)20-10-12-7-13(11-20)9-14(20)8-12/h12-14,25H,2-11H2,1H3,(H,21,22). The summed E-state index contributed by atoms with van der Waals surface area (Å²) in [6.07, 6.45) is 7.44. The number of nitrogens with zero attached hydrogens (tertiary/aromatic N) is 3. The monoisotopic (exact) mass is 372 g/mol. The van der Waals surface area contributed by atoms with Crippen molar-refractivity contribution in [2.24, 2.45) is 17.8 Å². The van der Waals surface area contributed by atoms with Gasteiger partial charge in [-0.25, -0.2) is 9.78 Å². The van der Waals surface area contributed by atoms with Crippen LogP contribution in [-0.4, -0.2) is 30.8 Å². The Kier molecular flexibility index (Phi) is 3.86. The lowest BCUT2D eigenvalue weighted by Crippen LogP contribution is -2.40. The van der Waals surface area contributed by atoms with Crippen LogP contribution in [0.2, 0.25) is 0 Å². The number of aromatic nitrogens is 4. The molecule has 2 N–H and O–H groups in total. The van der Waals surface area contributed by atoms with Crippen LogP contribution in [0.15, 0.2) is 9.59 Å². The van der Waals surface area contributed by atoms with Crippen molar-refractivity contribution < 1.29 is 5.11 Å². The number of aromatic amines is 1. The number of rotatable bonds is 6. The molecule has 2 aromatic rings. The first-order chi connectivity index (χ1) is 13.1. The van der Waals surface area contributed by atoms with Gasteiger partial charge in [0.25, 0.3) is 5.56 Å². The van der Waals surface area contributed by atoms with Gasteiger partial charge in [-0.2, -0.15) is 0 Å². The SMILES string of the molecule is CCCn1c(=O)c2[nH]c(C34CC5CC(CC3C5)C4)nc2n(CCCO)c1=O. The second kappa shape index (κ2) is 6.06. The van der Waals surface area contributed by atoms with E-state index >= 15 is 0 Å². The summed E-state index contributed by atoms with van der Waals surface area (Å²) < 4.78 is 2.90. The van der Waals surface area contributed by atoms with Crippen LogP contribution in [0.5, 0.6) is 0 Å². The Labute approximate surface area is 157 Å². The number of imidazole rings is 1. The summed E-state index contributed by atoms with van der Waals surface area (Å²) in [6, 6.07) is 0. The fourth-order valence-electron chi connectivity index (χ4n) is 6.44. The van der Waals surface area contributed by atoms with Crippen LogP contribution < -0.4 is 11.2 Å². The average Bonchev–Trinajstić information content (AvgIpc) is 3.27. The molecule has 4 bridgehead atoms. The Morgan fingerprint density at radius 2 is 1.89 bits per heavy atom. The Bertz CT molecular complexity index is 987. The Hall–Kier alpha value is -1.89. The second-order valence-electron chi connectivity index (χ2n) is 8.95. The predicted molar refractivity (Wildman–Crippen MR) is 102 cm³/mol. The van der Waals surface area contributed by atoms with Crippen LogP contribution in [0, 0.1) is 17.8 Å². The maximum atomic E-state index is 13.0. The van der Waals surface area contributed by atoms with Crippen molar-refractivity contribution in [3.8, 4) is 0 Å². The van der Waals surface area contributed by atoms with E-state index in [1.165, 1.54) is 23.8 Å². The first-order valence-electron chi connectivity index (χ1n) is 10.4. The fourth-order valence-corrected chi connectivity index (χ4v) is 6.44. The number of fused-ring (bicyclic) bond motifs is 1. The van der Waals surface area contributed by atoms with Crippen LogP contribution in [0.4, 0.5) is 0 Å². The van der Waals surface area contributed by atoms with Gasteiger partial charge in [0.05, 0.1) is 0 Å². The van der Waals surface area contributed by atoms with Crippen LogP contribution in [0.1, 0.15) is 57.7 Å². The number of aliphatic hydroxyl groups excluding tert-OH is 1. The van der Waals surface area contributed by atoms with Gasteiger partial charge in [-0.3, -0.25) is 13.9 Å². The molecule has 0 radical (unpaired) electrons. The van der Waals surface area contributed by atoms with Crippen molar-refractivity contribution in [3.05, 3.63) is 26.7 Å². The number of nitrogens with one attached hydrogen (secondary N) is 1. The minimum absolute atomic E-state index is 0.00743. The summed E-state index contributed by atoms with van der Waals surface area (Å²) in [4.78, 5) is 34.1. The Balaban J connectivity index is 1.70. The van der Waals surface area contributed by atoms with Gasteiger partial charge in [0.15, 0.2) is 5.65 Å². The zero-order chi connectivity index (χ0) is 18.8. The number of hydrogen-bond donors (Lipinski definition) is 2. The van der Waals surface area contributed by atoms with Gasteiger partial charge in [0.1, 0.15) is 11.3 Å². The summed E-state index contributed by atoms with van der Waals surface area (Å²) >= 11 is 0. The summed E-state index contributed by atoms with van der Waals surface area (Å²) in [5.41, 5.74) is 0.436. The first-order valence-corrected chi connectivity index (χ1v) is 10.4. The van der Waals surface area contributed by atoms with Crippen molar-refractivity contribution in [3.63, 3.8) is 0 Å². The molecule has 2 atom stereocenters. The van der Waals surface area contributed by atoms with Gasteiger partial charge in [-0.1, -0.05) is 6.92 Å². The summed E-state index contributed by atoms with van der Waals surface area (Å²) in [5.74, 6) is 3.18. The lowest BCUT2D eigenvalue weighted by atomic mass is 9.75. The summed E-state index contributed by atoms with van der Waals surface area (Å²) in [6.45, 7) is 2.74. The normalized spacial score (nSPS) is 31.4. The highest BCUT2D eigenvalue weighted by Crippen LogP contribution is 2.65. The van der Waals surface area contributed by atoms with Gasteiger partial charge in [-0.05, 0) is 62.7 Å². The van der Waals surface area contributed by atoms with E-state index in [9.17, 15) is 14.7 Å². The molecule has 7 nitrogen and oxygen atoms in total. The first kappa shape index (κ1) is 17.2. The Morgan fingerprint density at radius 1 is 1.15 bits per heavy atom. The molecule has 0 amide bonds. The number of hydrogen-bond acceptors (Lipinski definition) is 4. The van der Waals surface area contributed by atoms with Crippen molar-refractivity contribution in [2.45, 2.75) is 70.4 Å².